The van der Waals surface area contributed by atoms with E-state index in [2.05, 4.69) is 11.0 Å². The second-order valence-corrected chi connectivity index (χ2v) is 5.33. The third kappa shape index (κ3) is 3.45. The second-order valence-electron chi connectivity index (χ2n) is 5.33. The van der Waals surface area contributed by atoms with Crippen LogP contribution >= 0.6 is 0 Å². The number of likely N-dealkylation sites (tertiary alicyclic amines) is 1. The summed E-state index contributed by atoms with van der Waals surface area (Å²) in [6.45, 7) is 4.77. The van der Waals surface area contributed by atoms with Gasteiger partial charge in [-0.05, 0) is 44.4 Å². The lowest BCUT2D eigenvalue weighted by molar-refractivity contribution is -0.0150. The number of para-hydroxylation sites is 1. The first-order valence-electron chi connectivity index (χ1n) is 6.35. The lowest BCUT2D eigenvalue weighted by Crippen LogP contribution is -2.46. The van der Waals surface area contributed by atoms with Gasteiger partial charge in [0.2, 0.25) is 0 Å². The Labute approximate surface area is 103 Å². The highest BCUT2D eigenvalue weighted by molar-refractivity contribution is 5.46. The Kier molecular flexibility index (Phi) is 3.69. The number of aliphatic hydroxyl groups is 1. The third-order valence-electron chi connectivity index (χ3n) is 3.51. The maximum Gasteiger partial charge on any atom is 0.0746 e. The predicted molar refractivity (Wildman–Crippen MR) is 70.9 cm³/mol. The van der Waals surface area contributed by atoms with E-state index in [-0.39, 0.29) is 0 Å². The van der Waals surface area contributed by atoms with E-state index in [9.17, 15) is 5.11 Å². The van der Waals surface area contributed by atoms with Crippen LogP contribution in [-0.2, 0) is 6.42 Å². The molecule has 0 spiro atoms. The van der Waals surface area contributed by atoms with Crippen molar-refractivity contribution in [1.29, 1.82) is 0 Å². The number of rotatable bonds is 3. The Bertz CT molecular complexity index is 376. The molecule has 1 aromatic rings. The van der Waals surface area contributed by atoms with Crippen molar-refractivity contribution in [3.8, 4) is 0 Å². The molecule has 17 heavy (non-hydrogen) atoms. The molecule has 0 aliphatic carbocycles. The minimum atomic E-state index is -0.513. The molecule has 0 saturated carbocycles. The monoisotopic (exact) mass is 234 g/mol. The number of hydrogen-bond acceptors (Lipinski definition) is 3. The van der Waals surface area contributed by atoms with E-state index < -0.39 is 5.60 Å². The molecule has 3 N–H and O–H groups in total. The molecular formula is C14H22N2O. The van der Waals surface area contributed by atoms with Crippen LogP contribution in [-0.4, -0.2) is 35.2 Å². The van der Waals surface area contributed by atoms with Gasteiger partial charge >= 0.3 is 0 Å². The number of nitrogen functional groups attached to an aromatic ring is 1. The zero-order valence-electron chi connectivity index (χ0n) is 10.5. The van der Waals surface area contributed by atoms with Gasteiger partial charge in [-0.25, -0.2) is 0 Å². The van der Waals surface area contributed by atoms with E-state index in [4.69, 9.17) is 5.73 Å². The van der Waals surface area contributed by atoms with Gasteiger partial charge in [-0.2, -0.15) is 0 Å². The van der Waals surface area contributed by atoms with Gasteiger partial charge in [0.15, 0.2) is 0 Å². The largest absolute Gasteiger partial charge is 0.399 e. The predicted octanol–water partition coefficient (Wildman–Crippen LogP) is 1.66. The fourth-order valence-corrected chi connectivity index (χ4v) is 2.55. The summed E-state index contributed by atoms with van der Waals surface area (Å²) in [4.78, 5) is 2.33. The topological polar surface area (TPSA) is 49.5 Å². The van der Waals surface area contributed by atoms with E-state index in [0.717, 1.165) is 44.6 Å². The quantitative estimate of drug-likeness (QED) is 0.782. The Hall–Kier alpha value is -1.06. The number of piperidine rings is 1. The standard InChI is InChI=1S/C14H22N2O/c1-14(17)8-4-9-16(11-14)10-7-12-5-2-3-6-13(12)15/h2-3,5-6,17H,4,7-11,15H2,1H3. The van der Waals surface area contributed by atoms with Crippen LogP contribution in [0, 0.1) is 0 Å². The van der Waals surface area contributed by atoms with Crippen LogP contribution in [0.4, 0.5) is 5.69 Å². The van der Waals surface area contributed by atoms with Gasteiger partial charge in [0.1, 0.15) is 0 Å². The van der Waals surface area contributed by atoms with Crippen molar-refractivity contribution in [1.82, 2.24) is 4.90 Å². The number of nitrogens with zero attached hydrogens (tertiary/aromatic N) is 1. The molecule has 0 amide bonds. The van der Waals surface area contributed by atoms with Crippen molar-refractivity contribution in [2.24, 2.45) is 0 Å². The first kappa shape index (κ1) is 12.4. The normalized spacial score (nSPS) is 26.0. The van der Waals surface area contributed by atoms with Crippen LogP contribution in [0.15, 0.2) is 24.3 Å². The summed E-state index contributed by atoms with van der Waals surface area (Å²) in [7, 11) is 0. The highest BCUT2D eigenvalue weighted by Gasteiger charge is 2.27. The van der Waals surface area contributed by atoms with Crippen molar-refractivity contribution < 1.29 is 5.11 Å². The minimum Gasteiger partial charge on any atom is -0.399 e. The SMILES string of the molecule is CC1(O)CCCN(CCc2ccccc2N)C1. The van der Waals surface area contributed by atoms with Crippen LogP contribution in [0.1, 0.15) is 25.3 Å². The fraction of sp³-hybridized carbons (Fsp3) is 0.571. The Morgan fingerprint density at radius 3 is 2.88 bits per heavy atom. The summed E-state index contributed by atoms with van der Waals surface area (Å²) >= 11 is 0. The zero-order chi connectivity index (χ0) is 12.3. The summed E-state index contributed by atoms with van der Waals surface area (Å²) < 4.78 is 0. The van der Waals surface area contributed by atoms with Crippen LogP contribution in [0.5, 0.6) is 0 Å². The van der Waals surface area contributed by atoms with Gasteiger partial charge in [0, 0.05) is 18.8 Å². The number of nitrogens with two attached hydrogens (primary N) is 1. The summed E-state index contributed by atoms with van der Waals surface area (Å²) in [6, 6.07) is 8.02. The summed E-state index contributed by atoms with van der Waals surface area (Å²) in [6.07, 6.45) is 2.96. The first-order chi connectivity index (χ1) is 8.07. The van der Waals surface area contributed by atoms with Gasteiger partial charge in [0.05, 0.1) is 5.60 Å². The molecule has 1 saturated heterocycles. The summed E-state index contributed by atoms with van der Waals surface area (Å²) in [5, 5.41) is 10.0. The van der Waals surface area contributed by atoms with Crippen molar-refractivity contribution in [2.75, 3.05) is 25.4 Å². The average molecular weight is 234 g/mol. The molecule has 2 rings (SSSR count). The maximum atomic E-state index is 10.0. The molecule has 0 bridgehead atoms. The van der Waals surface area contributed by atoms with Gasteiger partial charge < -0.3 is 15.7 Å². The van der Waals surface area contributed by atoms with Crippen molar-refractivity contribution in [3.63, 3.8) is 0 Å². The molecule has 3 heteroatoms. The summed E-state index contributed by atoms with van der Waals surface area (Å²) in [5.41, 5.74) is 7.49. The fourth-order valence-electron chi connectivity index (χ4n) is 2.55. The highest BCUT2D eigenvalue weighted by atomic mass is 16.3. The highest BCUT2D eigenvalue weighted by Crippen LogP contribution is 2.21. The smallest absolute Gasteiger partial charge is 0.0746 e. The van der Waals surface area contributed by atoms with Crippen LogP contribution in [0.25, 0.3) is 0 Å². The first-order valence-corrected chi connectivity index (χ1v) is 6.35. The molecule has 0 aromatic heterocycles. The molecular weight excluding hydrogens is 212 g/mol. The van der Waals surface area contributed by atoms with Crippen LogP contribution in [0.2, 0.25) is 0 Å². The second kappa shape index (κ2) is 5.07. The molecule has 1 aromatic carbocycles. The molecule has 1 unspecified atom stereocenters. The van der Waals surface area contributed by atoms with Gasteiger partial charge in [-0.1, -0.05) is 18.2 Å². The molecule has 1 fully saturated rings. The Morgan fingerprint density at radius 2 is 2.18 bits per heavy atom. The lowest BCUT2D eigenvalue weighted by Gasteiger charge is -2.36. The molecule has 1 aliphatic heterocycles. The molecule has 3 nitrogen and oxygen atoms in total. The van der Waals surface area contributed by atoms with Crippen molar-refractivity contribution in [3.05, 3.63) is 29.8 Å². The van der Waals surface area contributed by atoms with Crippen LogP contribution in [0.3, 0.4) is 0 Å². The van der Waals surface area contributed by atoms with E-state index in [1.165, 1.54) is 5.56 Å². The molecule has 1 aliphatic rings. The van der Waals surface area contributed by atoms with Crippen LogP contribution < -0.4 is 5.73 Å². The number of benzene rings is 1. The Balaban J connectivity index is 1.88. The number of β-amino-alcohol motifs (C(OH)–C–C–N with tert-alkyl or cyclic N) is 1. The van der Waals surface area contributed by atoms with E-state index >= 15 is 0 Å². The Morgan fingerprint density at radius 1 is 1.41 bits per heavy atom. The molecule has 0 radical (unpaired) electrons. The third-order valence-corrected chi connectivity index (χ3v) is 3.51. The van der Waals surface area contributed by atoms with E-state index in [1.54, 1.807) is 0 Å². The molecule has 1 heterocycles. The average Bonchev–Trinajstić information content (AvgIpc) is 2.27. The van der Waals surface area contributed by atoms with Gasteiger partial charge in [-0.3, -0.25) is 0 Å². The van der Waals surface area contributed by atoms with E-state index in [1.807, 2.05) is 25.1 Å². The van der Waals surface area contributed by atoms with E-state index in [0.29, 0.717) is 0 Å². The molecule has 1 atom stereocenters. The number of hydrogen-bond donors (Lipinski definition) is 2. The number of anilines is 1. The van der Waals surface area contributed by atoms with Gasteiger partial charge in [0.25, 0.3) is 0 Å². The van der Waals surface area contributed by atoms with Crippen molar-refractivity contribution >= 4 is 5.69 Å². The zero-order valence-corrected chi connectivity index (χ0v) is 10.5. The lowest BCUT2D eigenvalue weighted by atomic mass is 9.95. The maximum absolute atomic E-state index is 10.0. The van der Waals surface area contributed by atoms with Gasteiger partial charge in [-0.15, -0.1) is 0 Å². The minimum absolute atomic E-state index is 0.513. The van der Waals surface area contributed by atoms with Crippen molar-refractivity contribution in [2.45, 2.75) is 31.8 Å². The summed E-state index contributed by atoms with van der Waals surface area (Å²) in [5.74, 6) is 0. The molecule has 94 valence electrons.